The number of aromatic nitrogens is 4. The summed E-state index contributed by atoms with van der Waals surface area (Å²) in [4.78, 5) is 26.3. The van der Waals surface area contributed by atoms with E-state index in [-0.39, 0.29) is 11.7 Å². The van der Waals surface area contributed by atoms with Crippen LogP contribution in [0.5, 0.6) is 0 Å². The molecule has 0 radical (unpaired) electrons. The van der Waals surface area contributed by atoms with Gasteiger partial charge in [-0.05, 0) is 43.0 Å². The molecule has 5 heterocycles. The van der Waals surface area contributed by atoms with Crippen molar-refractivity contribution >= 4 is 11.7 Å². The minimum atomic E-state index is -0.0666. The topological polar surface area (TPSA) is 102 Å². The molecule has 9 nitrogen and oxygen atoms in total. The van der Waals surface area contributed by atoms with E-state index < -0.39 is 0 Å². The van der Waals surface area contributed by atoms with Crippen LogP contribution in [0.4, 0.5) is 5.82 Å². The normalized spacial score (nSPS) is 20.5. The van der Waals surface area contributed by atoms with Crippen LogP contribution in [0, 0.1) is 0 Å². The summed E-state index contributed by atoms with van der Waals surface area (Å²) in [6.45, 7) is 4.61. The van der Waals surface area contributed by atoms with Crippen molar-refractivity contribution < 1.29 is 9.53 Å². The second-order valence-electron chi connectivity index (χ2n) is 8.90. The van der Waals surface area contributed by atoms with Crippen LogP contribution in [0.25, 0.3) is 17.1 Å². The SMILES string of the molecule is Nc1ncc(-c2ccc3c(c2)C2CCCN2CC3)nc1-n1cc(C(=O)N2CCOCC2)cn1. The van der Waals surface area contributed by atoms with Crippen LogP contribution in [0.1, 0.15) is 40.4 Å². The summed E-state index contributed by atoms with van der Waals surface area (Å²) in [5.74, 6) is 0.629. The molecule has 2 fully saturated rings. The van der Waals surface area contributed by atoms with E-state index in [1.54, 1.807) is 23.5 Å². The van der Waals surface area contributed by atoms with Crippen LogP contribution in [0.15, 0.2) is 36.8 Å². The Morgan fingerprint density at radius 1 is 1.12 bits per heavy atom. The molecule has 170 valence electrons. The molecular formula is C24H27N7O2. The van der Waals surface area contributed by atoms with Crippen molar-refractivity contribution in [2.24, 2.45) is 0 Å². The molecular weight excluding hydrogens is 418 g/mol. The highest BCUT2D eigenvalue weighted by molar-refractivity contribution is 5.94. The van der Waals surface area contributed by atoms with E-state index in [9.17, 15) is 4.79 Å². The van der Waals surface area contributed by atoms with Crippen molar-refractivity contribution in [3.05, 3.63) is 53.5 Å². The number of hydrogen-bond acceptors (Lipinski definition) is 7. The molecule has 33 heavy (non-hydrogen) atoms. The lowest BCUT2D eigenvalue weighted by Gasteiger charge is -2.32. The Morgan fingerprint density at radius 2 is 2.00 bits per heavy atom. The highest BCUT2D eigenvalue weighted by Crippen LogP contribution is 2.39. The van der Waals surface area contributed by atoms with Crippen molar-refractivity contribution in [2.45, 2.75) is 25.3 Å². The van der Waals surface area contributed by atoms with Crippen LogP contribution >= 0.6 is 0 Å². The number of nitrogen functional groups attached to an aromatic ring is 1. The molecule has 1 aromatic carbocycles. The number of anilines is 1. The van der Waals surface area contributed by atoms with E-state index in [0.29, 0.717) is 43.7 Å². The summed E-state index contributed by atoms with van der Waals surface area (Å²) < 4.78 is 6.88. The zero-order valence-electron chi connectivity index (χ0n) is 18.5. The third-order valence-corrected chi connectivity index (χ3v) is 6.96. The van der Waals surface area contributed by atoms with Crippen molar-refractivity contribution in [3.63, 3.8) is 0 Å². The van der Waals surface area contributed by atoms with Crippen LogP contribution in [-0.2, 0) is 11.2 Å². The Balaban J connectivity index is 1.31. The Labute approximate surface area is 192 Å². The first-order valence-electron chi connectivity index (χ1n) is 11.6. The van der Waals surface area contributed by atoms with Gasteiger partial charge in [-0.25, -0.2) is 14.6 Å². The van der Waals surface area contributed by atoms with Gasteiger partial charge in [0.15, 0.2) is 11.6 Å². The number of hydrogen-bond donors (Lipinski definition) is 1. The molecule has 1 unspecified atom stereocenters. The fraction of sp³-hybridized carbons (Fsp3) is 0.417. The Bertz CT molecular complexity index is 1200. The maximum atomic E-state index is 12.8. The van der Waals surface area contributed by atoms with Crippen LogP contribution in [-0.4, -0.2) is 74.8 Å². The molecule has 3 aliphatic heterocycles. The molecule has 2 saturated heterocycles. The third-order valence-electron chi connectivity index (χ3n) is 6.96. The van der Waals surface area contributed by atoms with Gasteiger partial charge in [0.1, 0.15) is 0 Å². The summed E-state index contributed by atoms with van der Waals surface area (Å²) in [6.07, 6.45) is 8.49. The van der Waals surface area contributed by atoms with Crippen molar-refractivity contribution in [2.75, 3.05) is 45.1 Å². The molecule has 9 heteroatoms. The lowest BCUT2D eigenvalue weighted by atomic mass is 9.90. The number of morpholine rings is 1. The minimum Gasteiger partial charge on any atom is -0.381 e. The van der Waals surface area contributed by atoms with E-state index in [2.05, 4.69) is 33.2 Å². The number of nitrogens with zero attached hydrogens (tertiary/aromatic N) is 6. The Morgan fingerprint density at radius 3 is 2.88 bits per heavy atom. The molecule has 0 aliphatic carbocycles. The second-order valence-corrected chi connectivity index (χ2v) is 8.90. The molecule has 2 N–H and O–H groups in total. The van der Waals surface area contributed by atoms with E-state index in [1.165, 1.54) is 35.2 Å². The van der Waals surface area contributed by atoms with E-state index in [0.717, 1.165) is 24.2 Å². The maximum absolute atomic E-state index is 12.8. The van der Waals surface area contributed by atoms with Crippen molar-refractivity contribution in [1.29, 1.82) is 0 Å². The van der Waals surface area contributed by atoms with Gasteiger partial charge in [0.05, 0.1) is 36.9 Å². The number of nitrogens with two attached hydrogens (primary N) is 1. The van der Waals surface area contributed by atoms with E-state index in [4.69, 9.17) is 15.5 Å². The van der Waals surface area contributed by atoms with Gasteiger partial charge in [0.25, 0.3) is 5.91 Å². The Kier molecular flexibility index (Phi) is 5.07. The molecule has 6 rings (SSSR count). The molecule has 3 aromatic rings. The number of amides is 1. The van der Waals surface area contributed by atoms with Crippen LogP contribution in [0.3, 0.4) is 0 Å². The van der Waals surface area contributed by atoms with E-state index in [1.807, 2.05) is 0 Å². The van der Waals surface area contributed by atoms with Crippen LogP contribution in [0.2, 0.25) is 0 Å². The monoisotopic (exact) mass is 445 g/mol. The maximum Gasteiger partial charge on any atom is 0.257 e. The third kappa shape index (κ3) is 3.67. The predicted octanol–water partition coefficient (Wildman–Crippen LogP) is 2.08. The smallest absolute Gasteiger partial charge is 0.257 e. The highest BCUT2D eigenvalue weighted by Gasteiger charge is 2.31. The number of fused-ring (bicyclic) bond motifs is 3. The van der Waals surface area contributed by atoms with Crippen LogP contribution < -0.4 is 5.73 Å². The first kappa shape index (κ1) is 20.3. The molecule has 1 atom stereocenters. The number of carbonyl (C=O) groups is 1. The van der Waals surface area contributed by atoms with Gasteiger partial charge >= 0.3 is 0 Å². The molecule has 1 amide bonds. The summed E-state index contributed by atoms with van der Waals surface area (Å²) in [5.41, 5.74) is 11.3. The van der Waals surface area contributed by atoms with Gasteiger partial charge in [-0.3, -0.25) is 9.69 Å². The predicted molar refractivity (Wildman–Crippen MR) is 123 cm³/mol. The van der Waals surface area contributed by atoms with Gasteiger partial charge in [-0.15, -0.1) is 0 Å². The lowest BCUT2D eigenvalue weighted by Crippen LogP contribution is -2.40. The van der Waals surface area contributed by atoms with Gasteiger partial charge in [-0.1, -0.05) is 12.1 Å². The average molecular weight is 446 g/mol. The molecule has 3 aliphatic rings. The van der Waals surface area contributed by atoms with E-state index >= 15 is 0 Å². The second kappa shape index (κ2) is 8.24. The summed E-state index contributed by atoms with van der Waals surface area (Å²) in [6, 6.07) is 7.11. The lowest BCUT2D eigenvalue weighted by molar-refractivity contribution is 0.0303. The number of rotatable bonds is 3. The number of benzene rings is 1. The quantitative estimate of drug-likeness (QED) is 0.658. The largest absolute Gasteiger partial charge is 0.381 e. The number of ether oxygens (including phenoxy) is 1. The van der Waals surface area contributed by atoms with Gasteiger partial charge in [0, 0.05) is 37.4 Å². The highest BCUT2D eigenvalue weighted by atomic mass is 16.5. The minimum absolute atomic E-state index is 0.0666. The summed E-state index contributed by atoms with van der Waals surface area (Å²) >= 11 is 0. The van der Waals surface area contributed by atoms with Gasteiger partial charge in [0.2, 0.25) is 0 Å². The first-order chi connectivity index (χ1) is 16.2. The molecule has 0 saturated carbocycles. The molecule has 0 spiro atoms. The standard InChI is InChI=1S/C24H27N7O2/c25-22-23(31-15-18(13-27-31)24(32)30-8-10-33-11-9-30)28-20(14-26-22)17-4-3-16-5-7-29-6-1-2-21(29)19(16)12-17/h3-4,12-15,21H,1-2,5-11H2,(H2,25,26). The van der Waals surface area contributed by atoms with Gasteiger partial charge in [-0.2, -0.15) is 5.10 Å². The zero-order valence-corrected chi connectivity index (χ0v) is 18.5. The fourth-order valence-electron chi connectivity index (χ4n) is 5.20. The summed E-state index contributed by atoms with van der Waals surface area (Å²) in [7, 11) is 0. The zero-order chi connectivity index (χ0) is 22.4. The first-order valence-corrected chi connectivity index (χ1v) is 11.6. The fourth-order valence-corrected chi connectivity index (χ4v) is 5.20. The average Bonchev–Trinajstić information content (AvgIpc) is 3.54. The van der Waals surface area contributed by atoms with Gasteiger partial charge < -0.3 is 15.4 Å². The number of carbonyl (C=O) groups excluding carboxylic acids is 1. The Hall–Kier alpha value is -3.30. The molecule has 0 bridgehead atoms. The molecule has 2 aromatic heterocycles. The van der Waals surface area contributed by atoms with Crippen molar-refractivity contribution in [3.8, 4) is 17.1 Å². The van der Waals surface area contributed by atoms with Crippen molar-refractivity contribution in [1.82, 2.24) is 29.5 Å². The summed E-state index contributed by atoms with van der Waals surface area (Å²) in [5, 5.41) is 4.36.